The predicted octanol–water partition coefficient (Wildman–Crippen LogP) is 1.66. The first-order valence-electron chi connectivity index (χ1n) is 8.71. The van der Waals surface area contributed by atoms with Crippen LogP contribution in [0, 0.1) is 0 Å². The Balaban J connectivity index is 1.78. The first-order chi connectivity index (χ1) is 11.8. The first kappa shape index (κ1) is 16.7. The highest BCUT2D eigenvalue weighted by Gasteiger charge is 2.13. The summed E-state index contributed by atoms with van der Waals surface area (Å²) >= 11 is 0. The van der Waals surface area contributed by atoms with Crippen molar-refractivity contribution in [3.8, 4) is 5.69 Å². The van der Waals surface area contributed by atoms with Crippen LogP contribution in [-0.4, -0.2) is 47.0 Å². The summed E-state index contributed by atoms with van der Waals surface area (Å²) in [5.41, 5.74) is 2.08. The first-order valence-corrected chi connectivity index (χ1v) is 8.71. The van der Waals surface area contributed by atoms with E-state index in [1.165, 1.54) is 0 Å². The van der Waals surface area contributed by atoms with Gasteiger partial charge in [0.15, 0.2) is 0 Å². The third kappa shape index (κ3) is 3.86. The van der Waals surface area contributed by atoms with E-state index < -0.39 is 0 Å². The minimum absolute atomic E-state index is 0.0658. The molecule has 0 saturated carbocycles. The molecule has 3 rings (SSSR count). The Morgan fingerprint density at radius 1 is 1.12 bits per heavy atom. The van der Waals surface area contributed by atoms with Gasteiger partial charge in [-0.05, 0) is 18.6 Å². The number of rotatable bonds is 7. The van der Waals surface area contributed by atoms with E-state index in [-0.39, 0.29) is 5.56 Å². The largest absolute Gasteiger partial charge is 0.314 e. The number of piperazine rings is 1. The molecule has 1 N–H and O–H groups in total. The number of nitrogens with zero attached hydrogens (tertiary/aromatic N) is 3. The van der Waals surface area contributed by atoms with Crippen LogP contribution < -0.4 is 10.9 Å². The molecular formula is C19H26N4O. The van der Waals surface area contributed by atoms with Crippen molar-refractivity contribution in [2.75, 3.05) is 32.7 Å². The van der Waals surface area contributed by atoms with Crippen molar-refractivity contribution in [2.24, 2.45) is 0 Å². The van der Waals surface area contributed by atoms with Gasteiger partial charge in [0.1, 0.15) is 0 Å². The highest BCUT2D eigenvalue weighted by atomic mass is 16.1. The second kappa shape index (κ2) is 8.13. The van der Waals surface area contributed by atoms with Crippen LogP contribution in [0.3, 0.4) is 0 Å². The lowest BCUT2D eigenvalue weighted by atomic mass is 10.2. The van der Waals surface area contributed by atoms with Gasteiger partial charge in [-0.25, -0.2) is 4.68 Å². The number of aromatic nitrogens is 2. The van der Waals surface area contributed by atoms with E-state index in [0.717, 1.165) is 57.1 Å². The summed E-state index contributed by atoms with van der Waals surface area (Å²) in [5.74, 6) is 0. The molecule has 1 aromatic carbocycles. The smallest absolute Gasteiger partial charge is 0.267 e. The Bertz CT molecular complexity index is 711. The van der Waals surface area contributed by atoms with E-state index in [2.05, 4.69) is 16.8 Å². The molecule has 5 heteroatoms. The molecule has 24 heavy (non-hydrogen) atoms. The topological polar surface area (TPSA) is 42.2 Å². The fourth-order valence-corrected chi connectivity index (χ4v) is 3.29. The summed E-state index contributed by atoms with van der Waals surface area (Å²) in [5, 5.41) is 3.37. The van der Waals surface area contributed by atoms with Crippen molar-refractivity contribution in [1.82, 2.24) is 19.6 Å². The van der Waals surface area contributed by atoms with Crippen LogP contribution in [0.2, 0.25) is 0 Å². The van der Waals surface area contributed by atoms with Gasteiger partial charge in [-0.3, -0.25) is 9.48 Å². The van der Waals surface area contributed by atoms with Gasteiger partial charge in [-0.15, -0.1) is 6.58 Å². The predicted molar refractivity (Wildman–Crippen MR) is 97.9 cm³/mol. The Hall–Kier alpha value is -2.11. The number of nitrogens with one attached hydrogen (secondary N) is 1. The average Bonchev–Trinajstić information content (AvgIpc) is 2.92. The Morgan fingerprint density at radius 2 is 1.88 bits per heavy atom. The molecule has 5 nitrogen and oxygen atoms in total. The van der Waals surface area contributed by atoms with Gasteiger partial charge in [0.05, 0.1) is 11.4 Å². The van der Waals surface area contributed by atoms with Gasteiger partial charge in [-0.2, -0.15) is 0 Å². The van der Waals surface area contributed by atoms with E-state index in [4.69, 9.17) is 0 Å². The van der Waals surface area contributed by atoms with E-state index in [1.54, 1.807) is 6.07 Å². The highest BCUT2D eigenvalue weighted by molar-refractivity contribution is 5.33. The standard InChI is InChI=1S/C19H26N4O/c1-2-7-18-16-19(24)22(23(18)17-8-4-3-5-9-17)13-6-12-21-14-10-20-11-15-21/h2-5,8-9,16,20H,1,6-7,10-15H2. The van der Waals surface area contributed by atoms with Gasteiger partial charge in [0.25, 0.3) is 5.56 Å². The van der Waals surface area contributed by atoms with Gasteiger partial charge < -0.3 is 10.2 Å². The lowest BCUT2D eigenvalue weighted by Crippen LogP contribution is -2.44. The number of para-hydroxylation sites is 1. The van der Waals surface area contributed by atoms with Crippen molar-refractivity contribution in [3.63, 3.8) is 0 Å². The third-order valence-corrected chi connectivity index (χ3v) is 4.47. The van der Waals surface area contributed by atoms with Gasteiger partial charge >= 0.3 is 0 Å². The Labute approximate surface area is 143 Å². The van der Waals surface area contributed by atoms with Crippen LogP contribution in [0.1, 0.15) is 12.1 Å². The molecule has 1 fully saturated rings. The Kier molecular flexibility index (Phi) is 5.67. The van der Waals surface area contributed by atoms with Crippen LogP contribution >= 0.6 is 0 Å². The molecule has 2 aromatic rings. The molecule has 0 atom stereocenters. The minimum Gasteiger partial charge on any atom is -0.314 e. The lowest BCUT2D eigenvalue weighted by Gasteiger charge is -2.27. The van der Waals surface area contributed by atoms with Gasteiger partial charge in [-0.1, -0.05) is 24.3 Å². The summed E-state index contributed by atoms with van der Waals surface area (Å²) < 4.78 is 3.90. The second-order valence-electron chi connectivity index (χ2n) is 6.18. The SMILES string of the molecule is C=CCc1cc(=O)n(CCCN2CCNCC2)n1-c1ccccc1. The molecule has 1 aliphatic rings. The molecule has 0 radical (unpaired) electrons. The summed E-state index contributed by atoms with van der Waals surface area (Å²) in [7, 11) is 0. The molecular weight excluding hydrogens is 300 g/mol. The number of benzene rings is 1. The van der Waals surface area contributed by atoms with Crippen molar-refractivity contribution in [2.45, 2.75) is 19.4 Å². The molecule has 0 amide bonds. The second-order valence-corrected chi connectivity index (χ2v) is 6.18. The molecule has 0 aliphatic carbocycles. The molecule has 1 aliphatic heterocycles. The zero-order valence-electron chi connectivity index (χ0n) is 14.2. The summed E-state index contributed by atoms with van der Waals surface area (Å²) in [6, 6.07) is 11.8. The van der Waals surface area contributed by atoms with Crippen LogP contribution in [0.5, 0.6) is 0 Å². The number of hydrogen-bond donors (Lipinski definition) is 1. The fourth-order valence-electron chi connectivity index (χ4n) is 3.29. The van der Waals surface area contributed by atoms with Crippen LogP contribution in [0.4, 0.5) is 0 Å². The van der Waals surface area contributed by atoms with Gasteiger partial charge in [0.2, 0.25) is 0 Å². The van der Waals surface area contributed by atoms with E-state index in [1.807, 2.05) is 45.8 Å². The van der Waals surface area contributed by atoms with Gasteiger partial charge in [0, 0.05) is 51.8 Å². The normalized spacial score (nSPS) is 15.5. The van der Waals surface area contributed by atoms with Crippen LogP contribution in [0.15, 0.2) is 53.8 Å². The van der Waals surface area contributed by atoms with Crippen molar-refractivity contribution < 1.29 is 0 Å². The summed E-state index contributed by atoms with van der Waals surface area (Å²) in [6.45, 7) is 9.89. The average molecular weight is 326 g/mol. The molecule has 1 saturated heterocycles. The summed E-state index contributed by atoms with van der Waals surface area (Å²) in [6.07, 6.45) is 3.51. The number of allylic oxidation sites excluding steroid dienone is 1. The quantitative estimate of drug-likeness (QED) is 0.787. The molecule has 0 unspecified atom stereocenters. The fraction of sp³-hybridized carbons (Fsp3) is 0.421. The summed E-state index contributed by atoms with van der Waals surface area (Å²) in [4.78, 5) is 14.9. The molecule has 1 aromatic heterocycles. The van der Waals surface area contributed by atoms with Crippen LogP contribution in [-0.2, 0) is 13.0 Å². The molecule has 0 bridgehead atoms. The number of hydrogen-bond acceptors (Lipinski definition) is 3. The molecule has 0 spiro atoms. The zero-order valence-corrected chi connectivity index (χ0v) is 14.2. The van der Waals surface area contributed by atoms with Crippen LogP contribution in [0.25, 0.3) is 5.69 Å². The highest BCUT2D eigenvalue weighted by Crippen LogP contribution is 2.12. The molecule has 2 heterocycles. The minimum atomic E-state index is 0.0658. The maximum atomic E-state index is 12.5. The van der Waals surface area contributed by atoms with Crippen molar-refractivity contribution in [1.29, 1.82) is 0 Å². The Morgan fingerprint density at radius 3 is 2.58 bits per heavy atom. The zero-order chi connectivity index (χ0) is 16.8. The maximum Gasteiger partial charge on any atom is 0.267 e. The maximum absolute atomic E-state index is 12.5. The van der Waals surface area contributed by atoms with E-state index in [0.29, 0.717) is 6.42 Å². The monoisotopic (exact) mass is 326 g/mol. The van der Waals surface area contributed by atoms with E-state index >= 15 is 0 Å². The lowest BCUT2D eigenvalue weighted by molar-refractivity contribution is 0.232. The van der Waals surface area contributed by atoms with E-state index in [9.17, 15) is 4.79 Å². The molecule has 128 valence electrons. The van der Waals surface area contributed by atoms with Crippen molar-refractivity contribution in [3.05, 3.63) is 65.1 Å². The van der Waals surface area contributed by atoms with Crippen molar-refractivity contribution >= 4 is 0 Å². The third-order valence-electron chi connectivity index (χ3n) is 4.47.